The normalized spacial score (nSPS) is 13.6. The average Bonchev–Trinajstić information content (AvgIpc) is 2.79. The van der Waals surface area contributed by atoms with Gasteiger partial charge in [-0.2, -0.15) is 0 Å². The number of nitro groups is 1. The number of methoxy groups -OCH3 is 2. The molecule has 2 aromatic carbocycles. The molecule has 1 heterocycles. The van der Waals surface area contributed by atoms with Crippen LogP contribution >= 0.6 is 0 Å². The van der Waals surface area contributed by atoms with Crippen LogP contribution in [0.2, 0.25) is 0 Å². The lowest BCUT2D eigenvalue weighted by atomic mass is 10.1. The van der Waals surface area contributed by atoms with Crippen molar-refractivity contribution in [2.45, 2.75) is 0 Å². The number of nitro benzene ring substituents is 1. The van der Waals surface area contributed by atoms with Crippen LogP contribution in [0.15, 0.2) is 47.7 Å². The Balaban J connectivity index is 2.12. The highest BCUT2D eigenvalue weighted by Crippen LogP contribution is 2.35. The van der Waals surface area contributed by atoms with Gasteiger partial charge in [-0.1, -0.05) is 0 Å². The molecule has 3 rings (SSSR count). The van der Waals surface area contributed by atoms with Crippen LogP contribution in [0, 0.1) is 21.7 Å². The Morgan fingerprint density at radius 3 is 2.44 bits per heavy atom. The first kappa shape index (κ1) is 22.6. The zero-order valence-corrected chi connectivity index (χ0v) is 16.8. The van der Waals surface area contributed by atoms with E-state index in [0.717, 1.165) is 43.4 Å². The van der Waals surface area contributed by atoms with Crippen LogP contribution in [0.4, 0.5) is 20.2 Å². The number of carbonyl (C=O) groups excluding carboxylic acids is 2. The van der Waals surface area contributed by atoms with E-state index in [1.54, 1.807) is 0 Å². The number of ether oxygens (including phenoxy) is 4. The molecule has 0 aliphatic carbocycles. The van der Waals surface area contributed by atoms with Crippen molar-refractivity contribution >= 4 is 23.3 Å². The molecule has 0 amide bonds. The third kappa shape index (κ3) is 4.64. The standard InChI is InChI=1S/C20H16F2N2O8/c1-29-19(25)15-9-31-10-23(18(15)20(26)30-2)12-6-13(24(27)28)8-14(7-12)32-17-4-3-11(21)5-16(17)22/h3-8H,9-10H2,1-2H3. The molecule has 12 heteroatoms. The van der Waals surface area contributed by atoms with Crippen molar-refractivity contribution in [3.8, 4) is 11.5 Å². The van der Waals surface area contributed by atoms with Crippen LogP contribution in [0.3, 0.4) is 0 Å². The molecule has 1 aliphatic heterocycles. The van der Waals surface area contributed by atoms with E-state index in [0.29, 0.717) is 6.07 Å². The second kappa shape index (κ2) is 9.39. The fourth-order valence-electron chi connectivity index (χ4n) is 2.92. The lowest BCUT2D eigenvalue weighted by Gasteiger charge is -2.31. The number of esters is 2. The van der Waals surface area contributed by atoms with E-state index in [2.05, 4.69) is 4.74 Å². The molecule has 0 N–H and O–H groups in total. The summed E-state index contributed by atoms with van der Waals surface area (Å²) in [4.78, 5) is 36.4. The smallest absolute Gasteiger partial charge is 0.355 e. The van der Waals surface area contributed by atoms with E-state index in [9.17, 15) is 28.5 Å². The Bertz CT molecular complexity index is 1120. The van der Waals surface area contributed by atoms with Gasteiger partial charge in [0.2, 0.25) is 0 Å². The van der Waals surface area contributed by atoms with E-state index in [1.165, 1.54) is 6.07 Å². The number of non-ortho nitro benzene ring substituents is 1. The summed E-state index contributed by atoms with van der Waals surface area (Å²) in [6.45, 7) is -0.525. The number of hydrogen-bond acceptors (Lipinski definition) is 9. The molecule has 10 nitrogen and oxygen atoms in total. The minimum absolute atomic E-state index is 0.0122. The Morgan fingerprint density at radius 1 is 1.09 bits per heavy atom. The molecule has 0 saturated carbocycles. The summed E-state index contributed by atoms with van der Waals surface area (Å²) in [7, 11) is 2.21. The van der Waals surface area contributed by atoms with Gasteiger partial charge in [0.25, 0.3) is 5.69 Å². The van der Waals surface area contributed by atoms with Gasteiger partial charge in [0.15, 0.2) is 11.6 Å². The second-order valence-corrected chi connectivity index (χ2v) is 6.33. The summed E-state index contributed by atoms with van der Waals surface area (Å²) in [6, 6.07) is 5.92. The van der Waals surface area contributed by atoms with Crippen molar-refractivity contribution in [1.29, 1.82) is 0 Å². The summed E-state index contributed by atoms with van der Waals surface area (Å²) in [5, 5.41) is 11.4. The monoisotopic (exact) mass is 450 g/mol. The minimum Gasteiger partial charge on any atom is -0.466 e. The molecule has 0 bridgehead atoms. The first-order valence-corrected chi connectivity index (χ1v) is 8.92. The highest BCUT2D eigenvalue weighted by atomic mass is 19.1. The number of halogens is 2. The largest absolute Gasteiger partial charge is 0.466 e. The van der Waals surface area contributed by atoms with Crippen LogP contribution in [0.25, 0.3) is 0 Å². The van der Waals surface area contributed by atoms with Crippen molar-refractivity contribution in [1.82, 2.24) is 0 Å². The number of nitrogens with zero attached hydrogens (tertiary/aromatic N) is 2. The first-order chi connectivity index (χ1) is 15.2. The number of hydrogen-bond donors (Lipinski definition) is 0. The third-order valence-corrected chi connectivity index (χ3v) is 4.35. The summed E-state index contributed by atoms with van der Waals surface area (Å²) < 4.78 is 47.3. The maximum Gasteiger partial charge on any atom is 0.355 e. The van der Waals surface area contributed by atoms with Gasteiger partial charge in [-0.05, 0) is 12.1 Å². The fraction of sp³-hybridized carbons (Fsp3) is 0.200. The van der Waals surface area contributed by atoms with E-state index in [1.807, 2.05) is 0 Å². The Morgan fingerprint density at radius 2 is 1.81 bits per heavy atom. The van der Waals surface area contributed by atoms with Crippen LogP contribution in [0.1, 0.15) is 0 Å². The van der Waals surface area contributed by atoms with Gasteiger partial charge in [-0.15, -0.1) is 0 Å². The predicted molar refractivity (Wildman–Crippen MR) is 104 cm³/mol. The fourth-order valence-corrected chi connectivity index (χ4v) is 2.92. The molecule has 0 fully saturated rings. The van der Waals surface area contributed by atoms with Crippen LogP contribution in [-0.4, -0.2) is 44.4 Å². The Kier molecular flexibility index (Phi) is 6.64. The van der Waals surface area contributed by atoms with E-state index >= 15 is 0 Å². The molecule has 1 aliphatic rings. The quantitative estimate of drug-likeness (QED) is 0.372. The maximum atomic E-state index is 14.0. The van der Waals surface area contributed by atoms with Crippen LogP contribution < -0.4 is 9.64 Å². The van der Waals surface area contributed by atoms with Gasteiger partial charge in [0.1, 0.15) is 24.0 Å². The van der Waals surface area contributed by atoms with Crippen molar-refractivity contribution in [3.63, 3.8) is 0 Å². The van der Waals surface area contributed by atoms with Gasteiger partial charge in [0, 0.05) is 18.2 Å². The van der Waals surface area contributed by atoms with Crippen molar-refractivity contribution in [3.05, 3.63) is 69.4 Å². The van der Waals surface area contributed by atoms with Gasteiger partial charge in [0.05, 0.1) is 43.1 Å². The molecule has 32 heavy (non-hydrogen) atoms. The molecule has 2 aromatic rings. The zero-order valence-electron chi connectivity index (χ0n) is 16.8. The van der Waals surface area contributed by atoms with Gasteiger partial charge < -0.3 is 23.8 Å². The second-order valence-electron chi connectivity index (χ2n) is 6.33. The number of carbonyl (C=O) groups is 2. The molecule has 0 radical (unpaired) electrons. The predicted octanol–water partition coefficient (Wildman–Crippen LogP) is 3.06. The number of benzene rings is 2. The molecular formula is C20H16F2N2O8. The SMILES string of the molecule is COC(=O)C1=C(C(=O)OC)N(c2cc(Oc3ccc(F)cc3F)cc([N+](=O)[O-])c2)COC1. The summed E-state index contributed by atoms with van der Waals surface area (Å²) >= 11 is 0. The van der Waals surface area contributed by atoms with Crippen molar-refractivity contribution in [2.75, 3.05) is 32.5 Å². The molecule has 0 atom stereocenters. The highest BCUT2D eigenvalue weighted by Gasteiger charge is 2.33. The summed E-state index contributed by atoms with van der Waals surface area (Å²) in [6.07, 6.45) is 0. The van der Waals surface area contributed by atoms with Crippen molar-refractivity contribution in [2.24, 2.45) is 0 Å². The lowest BCUT2D eigenvalue weighted by Crippen LogP contribution is -2.38. The molecular weight excluding hydrogens is 434 g/mol. The van der Waals surface area contributed by atoms with Crippen LogP contribution in [0.5, 0.6) is 11.5 Å². The third-order valence-electron chi connectivity index (χ3n) is 4.35. The molecule has 0 spiro atoms. The van der Waals surface area contributed by atoms with Crippen LogP contribution in [-0.2, 0) is 23.8 Å². The van der Waals surface area contributed by atoms with Gasteiger partial charge >= 0.3 is 11.9 Å². The lowest BCUT2D eigenvalue weighted by molar-refractivity contribution is -0.384. The maximum absolute atomic E-state index is 14.0. The average molecular weight is 450 g/mol. The summed E-state index contributed by atoms with van der Waals surface area (Å²) in [5.41, 5.74) is -0.859. The Labute approximate surface area is 179 Å². The minimum atomic E-state index is -1.03. The van der Waals surface area contributed by atoms with Gasteiger partial charge in [-0.25, -0.2) is 18.4 Å². The number of anilines is 1. The first-order valence-electron chi connectivity index (χ1n) is 8.92. The Hall–Kier alpha value is -4.06. The molecule has 0 aromatic heterocycles. The van der Waals surface area contributed by atoms with Gasteiger partial charge in [-0.3, -0.25) is 10.1 Å². The zero-order chi connectivity index (χ0) is 23.4. The molecule has 0 unspecified atom stereocenters. The molecule has 168 valence electrons. The van der Waals surface area contributed by atoms with E-state index in [4.69, 9.17) is 14.2 Å². The van der Waals surface area contributed by atoms with E-state index in [-0.39, 0.29) is 41.8 Å². The molecule has 0 saturated heterocycles. The van der Waals surface area contributed by atoms with Crippen molar-refractivity contribution < 1.29 is 42.2 Å². The van der Waals surface area contributed by atoms with E-state index < -0.39 is 34.2 Å². The summed E-state index contributed by atoms with van der Waals surface area (Å²) in [5.74, 6) is -4.19. The topological polar surface area (TPSA) is 117 Å². The number of rotatable bonds is 6. The highest BCUT2D eigenvalue weighted by molar-refractivity contribution is 6.03.